The highest BCUT2D eigenvalue weighted by atomic mass is 16.5. The number of carboxylic acid groups (broad SMARTS) is 1. The van der Waals surface area contributed by atoms with Gasteiger partial charge in [-0.25, -0.2) is 9.59 Å². The molecule has 170 valence electrons. The van der Waals surface area contributed by atoms with E-state index in [9.17, 15) is 14.4 Å². The van der Waals surface area contributed by atoms with Crippen LogP contribution in [0, 0.1) is 0 Å². The van der Waals surface area contributed by atoms with E-state index in [2.05, 4.69) is 34.9 Å². The number of rotatable bonds is 10. The van der Waals surface area contributed by atoms with E-state index in [4.69, 9.17) is 9.84 Å². The predicted octanol–water partition coefficient (Wildman–Crippen LogP) is 4.06. The predicted molar refractivity (Wildman–Crippen MR) is 121 cm³/mol. The van der Waals surface area contributed by atoms with Gasteiger partial charge in [0.05, 0.1) is 0 Å². The largest absolute Gasteiger partial charge is 0.480 e. The minimum absolute atomic E-state index is 0.00180. The van der Waals surface area contributed by atoms with Crippen LogP contribution in [0.2, 0.25) is 0 Å². The number of hydrogen-bond acceptors (Lipinski definition) is 4. The normalized spacial score (nSPS) is 14.1. The second-order valence-electron chi connectivity index (χ2n) is 8.03. The number of benzene rings is 2. The fourth-order valence-corrected chi connectivity index (χ4v) is 4.20. The molecule has 0 aromatic heterocycles. The summed E-state index contributed by atoms with van der Waals surface area (Å²) in [5, 5.41) is 14.4. The fraction of sp³-hybridized carbons (Fsp3) is 0.400. The number of amides is 2. The zero-order valence-corrected chi connectivity index (χ0v) is 18.5. The summed E-state index contributed by atoms with van der Waals surface area (Å²) in [6, 6.07) is 14.9. The number of fused-ring (bicyclic) bond motifs is 3. The van der Waals surface area contributed by atoms with Gasteiger partial charge in [0.2, 0.25) is 5.91 Å². The topological polar surface area (TPSA) is 105 Å². The first kappa shape index (κ1) is 23.3. The zero-order chi connectivity index (χ0) is 23.1. The lowest BCUT2D eigenvalue weighted by molar-refractivity contribution is -0.142. The molecule has 7 heteroatoms. The molecule has 0 unspecified atom stereocenters. The molecule has 7 nitrogen and oxygen atoms in total. The minimum Gasteiger partial charge on any atom is -0.480 e. The van der Waals surface area contributed by atoms with Gasteiger partial charge in [-0.3, -0.25) is 4.79 Å². The second kappa shape index (κ2) is 10.8. The Balaban J connectivity index is 1.59. The van der Waals surface area contributed by atoms with Gasteiger partial charge in [-0.15, -0.1) is 0 Å². The Kier molecular flexibility index (Phi) is 7.87. The molecule has 0 aliphatic heterocycles. The van der Waals surface area contributed by atoms with Crippen LogP contribution in [0.4, 0.5) is 4.79 Å². The van der Waals surface area contributed by atoms with E-state index < -0.39 is 30.1 Å². The summed E-state index contributed by atoms with van der Waals surface area (Å²) in [4.78, 5) is 35.9. The average molecular weight is 439 g/mol. The van der Waals surface area contributed by atoms with E-state index in [0.29, 0.717) is 12.8 Å². The van der Waals surface area contributed by atoms with E-state index in [1.165, 1.54) is 0 Å². The van der Waals surface area contributed by atoms with Crippen molar-refractivity contribution in [2.45, 2.75) is 57.5 Å². The molecule has 0 saturated carbocycles. The Morgan fingerprint density at radius 1 is 0.969 bits per heavy atom. The lowest BCUT2D eigenvalue weighted by Crippen LogP contribution is -2.44. The third-order valence-corrected chi connectivity index (χ3v) is 5.78. The molecule has 1 aliphatic rings. The van der Waals surface area contributed by atoms with Crippen LogP contribution in [0.5, 0.6) is 0 Å². The van der Waals surface area contributed by atoms with Crippen molar-refractivity contribution in [1.82, 2.24) is 10.6 Å². The monoisotopic (exact) mass is 438 g/mol. The van der Waals surface area contributed by atoms with E-state index >= 15 is 0 Å². The Bertz CT molecular complexity index is 929. The maximum Gasteiger partial charge on any atom is 0.407 e. The molecule has 0 radical (unpaired) electrons. The second-order valence-corrected chi connectivity index (χ2v) is 8.03. The number of carbonyl (C=O) groups excluding carboxylic acids is 2. The molecule has 32 heavy (non-hydrogen) atoms. The van der Waals surface area contributed by atoms with Gasteiger partial charge in [0.1, 0.15) is 12.6 Å². The van der Waals surface area contributed by atoms with Gasteiger partial charge < -0.3 is 20.5 Å². The van der Waals surface area contributed by atoms with Crippen molar-refractivity contribution in [1.29, 1.82) is 0 Å². The molecule has 0 saturated heterocycles. The summed E-state index contributed by atoms with van der Waals surface area (Å²) in [6.07, 6.45) is 1.06. The lowest BCUT2D eigenvalue weighted by atomic mass is 9.98. The van der Waals surface area contributed by atoms with Crippen molar-refractivity contribution in [3.05, 3.63) is 59.7 Å². The Labute approximate surface area is 188 Å². The lowest BCUT2D eigenvalue weighted by Gasteiger charge is -2.20. The number of ether oxygens (including phenoxy) is 1. The fourth-order valence-electron chi connectivity index (χ4n) is 4.20. The Morgan fingerprint density at radius 3 is 2.09 bits per heavy atom. The molecule has 0 fully saturated rings. The number of carbonyl (C=O) groups is 3. The van der Waals surface area contributed by atoms with Gasteiger partial charge >= 0.3 is 12.1 Å². The van der Waals surface area contributed by atoms with Crippen LogP contribution < -0.4 is 10.6 Å². The maximum absolute atomic E-state index is 12.5. The van der Waals surface area contributed by atoms with Gasteiger partial charge in [0.25, 0.3) is 0 Å². The smallest absolute Gasteiger partial charge is 0.407 e. The van der Waals surface area contributed by atoms with Crippen LogP contribution in [0.15, 0.2) is 48.5 Å². The van der Waals surface area contributed by atoms with Gasteiger partial charge in [-0.1, -0.05) is 68.8 Å². The highest BCUT2D eigenvalue weighted by molar-refractivity contribution is 5.84. The molecule has 3 rings (SSSR count). The third kappa shape index (κ3) is 5.46. The van der Waals surface area contributed by atoms with Crippen molar-refractivity contribution in [2.24, 2.45) is 0 Å². The number of hydrogen-bond donors (Lipinski definition) is 3. The molecule has 2 aromatic rings. The molecule has 0 bridgehead atoms. The van der Waals surface area contributed by atoms with Crippen LogP contribution in [0.25, 0.3) is 11.1 Å². The standard InChI is InChI=1S/C25H30N2O5/c1-3-9-16(14-23(28)27-22(4-2)24(29)30)26-25(31)32-15-21-19-12-7-5-10-17(19)18-11-6-8-13-20(18)21/h5-8,10-13,16,21-22H,3-4,9,14-15H2,1-2H3,(H,26,31)(H,27,28)(H,29,30)/t16-,22+/m1/s1. The first-order valence-electron chi connectivity index (χ1n) is 11.1. The minimum atomic E-state index is -1.07. The van der Waals surface area contributed by atoms with Gasteiger partial charge in [0, 0.05) is 18.4 Å². The summed E-state index contributed by atoms with van der Waals surface area (Å²) < 4.78 is 5.56. The van der Waals surface area contributed by atoms with Crippen LogP contribution in [-0.4, -0.2) is 41.8 Å². The van der Waals surface area contributed by atoms with Crippen molar-refractivity contribution < 1.29 is 24.2 Å². The molecular formula is C25H30N2O5. The molecule has 2 aromatic carbocycles. The number of aliphatic carboxylic acids is 1. The van der Waals surface area contributed by atoms with Crippen LogP contribution in [0.3, 0.4) is 0 Å². The molecule has 0 spiro atoms. The van der Waals surface area contributed by atoms with E-state index in [1.54, 1.807) is 6.92 Å². The van der Waals surface area contributed by atoms with Gasteiger partial charge in [-0.05, 0) is 35.1 Å². The molecule has 2 atom stereocenters. The van der Waals surface area contributed by atoms with Gasteiger partial charge in [0.15, 0.2) is 0 Å². The summed E-state index contributed by atoms with van der Waals surface area (Å²) >= 11 is 0. The van der Waals surface area contributed by atoms with Gasteiger partial charge in [-0.2, -0.15) is 0 Å². The quantitative estimate of drug-likeness (QED) is 0.519. The Hall–Kier alpha value is -3.35. The number of alkyl carbamates (subject to hydrolysis) is 1. The van der Waals surface area contributed by atoms with E-state index in [1.807, 2.05) is 31.2 Å². The summed E-state index contributed by atoms with van der Waals surface area (Å²) in [7, 11) is 0. The molecule has 3 N–H and O–H groups in total. The van der Waals surface area contributed by atoms with E-state index in [-0.39, 0.29) is 18.9 Å². The van der Waals surface area contributed by atoms with Crippen LogP contribution in [0.1, 0.15) is 56.6 Å². The van der Waals surface area contributed by atoms with Crippen molar-refractivity contribution in [3.63, 3.8) is 0 Å². The Morgan fingerprint density at radius 2 is 1.56 bits per heavy atom. The van der Waals surface area contributed by atoms with Crippen molar-refractivity contribution in [2.75, 3.05) is 6.61 Å². The first-order valence-corrected chi connectivity index (χ1v) is 11.1. The third-order valence-electron chi connectivity index (χ3n) is 5.78. The molecule has 2 amide bonds. The molecule has 0 heterocycles. The number of nitrogens with one attached hydrogen (secondary N) is 2. The summed E-state index contributed by atoms with van der Waals surface area (Å²) in [5.74, 6) is -1.52. The van der Waals surface area contributed by atoms with Crippen molar-refractivity contribution in [3.8, 4) is 11.1 Å². The SMILES string of the molecule is CCC[C@H](CC(=O)N[C@@H](CC)C(=O)O)NC(=O)OCC1c2ccccc2-c2ccccc21. The zero-order valence-electron chi connectivity index (χ0n) is 18.5. The maximum atomic E-state index is 12.5. The van der Waals surface area contributed by atoms with Crippen LogP contribution in [-0.2, 0) is 14.3 Å². The summed E-state index contributed by atoms with van der Waals surface area (Å²) in [5.41, 5.74) is 4.57. The van der Waals surface area contributed by atoms with E-state index in [0.717, 1.165) is 28.7 Å². The number of carboxylic acids is 1. The molecule has 1 aliphatic carbocycles. The van der Waals surface area contributed by atoms with Crippen LogP contribution >= 0.6 is 0 Å². The summed E-state index contributed by atoms with van der Waals surface area (Å²) in [6.45, 7) is 3.84. The van der Waals surface area contributed by atoms with Crippen molar-refractivity contribution >= 4 is 18.0 Å². The molecular weight excluding hydrogens is 408 g/mol. The highest BCUT2D eigenvalue weighted by Gasteiger charge is 2.29. The first-order chi connectivity index (χ1) is 15.4. The average Bonchev–Trinajstić information content (AvgIpc) is 3.10. The highest BCUT2D eigenvalue weighted by Crippen LogP contribution is 2.44.